The van der Waals surface area contributed by atoms with E-state index in [2.05, 4.69) is 28.2 Å². The van der Waals surface area contributed by atoms with Crippen molar-refractivity contribution >= 4 is 21.9 Å². The zero-order chi connectivity index (χ0) is 18.8. The predicted molar refractivity (Wildman–Crippen MR) is 102 cm³/mol. The number of nitrogens with one attached hydrogen (secondary N) is 1. The third-order valence-electron chi connectivity index (χ3n) is 4.70. The Kier molecular flexibility index (Phi) is 5.84. The van der Waals surface area contributed by atoms with Crippen LogP contribution >= 0.6 is 15.9 Å². The van der Waals surface area contributed by atoms with Gasteiger partial charge in [0.05, 0.1) is 5.70 Å². The van der Waals surface area contributed by atoms with Gasteiger partial charge in [-0.3, -0.25) is 0 Å². The molecule has 1 heterocycles. The third kappa shape index (κ3) is 4.01. The average Bonchev–Trinajstić information content (AvgIpc) is 2.85. The van der Waals surface area contributed by atoms with E-state index in [0.717, 1.165) is 29.3 Å². The third-order valence-corrected chi connectivity index (χ3v) is 5.23. The molecule has 1 aromatic rings. The van der Waals surface area contributed by atoms with Crippen LogP contribution in [0.1, 0.15) is 52.5 Å². The number of benzene rings is 1. The van der Waals surface area contributed by atoms with Crippen LogP contribution < -0.4 is 5.32 Å². The van der Waals surface area contributed by atoms with Crippen molar-refractivity contribution in [3.8, 4) is 0 Å². The van der Waals surface area contributed by atoms with Gasteiger partial charge in [0.25, 0.3) is 0 Å². The lowest BCUT2D eigenvalue weighted by Crippen LogP contribution is -2.53. The molecule has 3 N–H and O–H groups in total. The van der Waals surface area contributed by atoms with E-state index >= 15 is 0 Å². The minimum Gasteiger partial charge on any atom is -0.477 e. The molecule has 0 fully saturated rings. The topological polar surface area (TPSA) is 72.8 Å². The van der Waals surface area contributed by atoms with Crippen LogP contribution in [0.4, 0.5) is 0 Å². The first-order valence-corrected chi connectivity index (χ1v) is 9.44. The Hall–Kier alpha value is -1.53. The van der Waals surface area contributed by atoms with Crippen LogP contribution in [0.5, 0.6) is 0 Å². The minimum atomic E-state index is -1.25. The van der Waals surface area contributed by atoms with Crippen molar-refractivity contribution in [3.63, 3.8) is 0 Å². The number of aliphatic carboxylic acids is 1. The van der Waals surface area contributed by atoms with E-state index in [0.29, 0.717) is 12.2 Å². The molecule has 25 heavy (non-hydrogen) atoms. The van der Waals surface area contributed by atoms with Gasteiger partial charge in [-0.2, -0.15) is 0 Å². The quantitative estimate of drug-likeness (QED) is 0.636. The summed E-state index contributed by atoms with van der Waals surface area (Å²) in [5.74, 6) is -1.02. The number of rotatable bonds is 7. The molecular formula is C19H27BrN2O3. The van der Waals surface area contributed by atoms with Gasteiger partial charge in [0.2, 0.25) is 0 Å². The number of hydrogen-bond donors (Lipinski definition) is 3. The fraction of sp³-hybridized carbons (Fsp3) is 0.526. The van der Waals surface area contributed by atoms with Gasteiger partial charge in [0.1, 0.15) is 17.0 Å². The Morgan fingerprint density at radius 1 is 1.28 bits per heavy atom. The second-order valence-electron chi connectivity index (χ2n) is 7.06. The van der Waals surface area contributed by atoms with Crippen molar-refractivity contribution in [2.75, 3.05) is 0 Å². The van der Waals surface area contributed by atoms with Crippen LogP contribution in [0, 0.1) is 0 Å². The lowest BCUT2D eigenvalue weighted by molar-refractivity contribution is -0.135. The fourth-order valence-corrected chi connectivity index (χ4v) is 3.71. The number of carbonyl (C=O) groups is 1. The standard InChI is InChI=1S/C19H27BrN2O3/c1-5-11-19(6-2)21-16(18(3,4)25)15(17(23)24)22(19)12-13-7-9-14(20)10-8-13/h7-10,21,25H,5-6,11-12H2,1-4H3,(H,23,24). The molecule has 0 amide bonds. The summed E-state index contributed by atoms with van der Waals surface area (Å²) in [5, 5.41) is 23.8. The summed E-state index contributed by atoms with van der Waals surface area (Å²) in [7, 11) is 0. The van der Waals surface area contributed by atoms with E-state index in [9.17, 15) is 15.0 Å². The molecule has 0 radical (unpaired) electrons. The highest BCUT2D eigenvalue weighted by Gasteiger charge is 2.48. The van der Waals surface area contributed by atoms with Crippen molar-refractivity contribution in [3.05, 3.63) is 45.7 Å². The summed E-state index contributed by atoms with van der Waals surface area (Å²) >= 11 is 3.43. The number of carboxylic acids is 1. The van der Waals surface area contributed by atoms with Crippen LogP contribution in [-0.2, 0) is 11.3 Å². The molecule has 2 rings (SSSR count). The molecule has 0 aromatic heterocycles. The normalized spacial score (nSPS) is 20.8. The van der Waals surface area contributed by atoms with Crippen molar-refractivity contribution in [2.45, 2.75) is 64.8 Å². The highest BCUT2D eigenvalue weighted by Crippen LogP contribution is 2.39. The molecule has 1 atom stereocenters. The molecule has 1 aromatic carbocycles. The summed E-state index contributed by atoms with van der Waals surface area (Å²) < 4.78 is 0.984. The van der Waals surface area contributed by atoms with Crippen molar-refractivity contribution in [1.82, 2.24) is 10.2 Å². The Morgan fingerprint density at radius 2 is 1.88 bits per heavy atom. The van der Waals surface area contributed by atoms with Gasteiger partial charge >= 0.3 is 5.97 Å². The van der Waals surface area contributed by atoms with Gasteiger partial charge in [0, 0.05) is 11.0 Å². The first-order chi connectivity index (χ1) is 11.6. The van der Waals surface area contributed by atoms with Crippen molar-refractivity contribution < 1.29 is 15.0 Å². The Labute approximate surface area is 157 Å². The summed E-state index contributed by atoms with van der Waals surface area (Å²) in [4.78, 5) is 14.0. The number of halogens is 1. The van der Waals surface area contributed by atoms with Crippen LogP contribution in [0.2, 0.25) is 0 Å². The zero-order valence-electron chi connectivity index (χ0n) is 15.3. The molecule has 5 nitrogen and oxygen atoms in total. The van der Waals surface area contributed by atoms with Gasteiger partial charge in [-0.1, -0.05) is 48.3 Å². The van der Waals surface area contributed by atoms with E-state index in [1.165, 1.54) is 0 Å². The second kappa shape index (κ2) is 7.38. The monoisotopic (exact) mass is 410 g/mol. The molecule has 138 valence electrons. The van der Waals surface area contributed by atoms with Gasteiger partial charge in [-0.15, -0.1) is 0 Å². The number of nitrogens with zero attached hydrogens (tertiary/aromatic N) is 1. The highest BCUT2D eigenvalue weighted by molar-refractivity contribution is 9.10. The lowest BCUT2D eigenvalue weighted by Gasteiger charge is -2.41. The molecule has 0 bridgehead atoms. The van der Waals surface area contributed by atoms with Crippen LogP contribution in [0.3, 0.4) is 0 Å². The number of aliphatic hydroxyl groups is 1. The molecule has 1 aliphatic heterocycles. The van der Waals surface area contributed by atoms with Crippen LogP contribution in [0.25, 0.3) is 0 Å². The van der Waals surface area contributed by atoms with E-state index in [4.69, 9.17) is 0 Å². The maximum absolute atomic E-state index is 12.1. The molecular weight excluding hydrogens is 384 g/mol. The molecule has 0 spiro atoms. The molecule has 0 saturated carbocycles. The van der Waals surface area contributed by atoms with Crippen molar-refractivity contribution in [1.29, 1.82) is 0 Å². The summed E-state index contributed by atoms with van der Waals surface area (Å²) in [6, 6.07) is 7.87. The van der Waals surface area contributed by atoms with Gasteiger partial charge < -0.3 is 20.4 Å². The number of carboxylic acid groups (broad SMARTS) is 1. The average molecular weight is 411 g/mol. The maximum Gasteiger partial charge on any atom is 0.354 e. The predicted octanol–water partition coefficient (Wildman–Crippen LogP) is 3.83. The largest absolute Gasteiger partial charge is 0.477 e. The zero-order valence-corrected chi connectivity index (χ0v) is 16.9. The lowest BCUT2D eigenvalue weighted by atomic mass is 9.98. The Balaban J connectivity index is 2.54. The van der Waals surface area contributed by atoms with Crippen molar-refractivity contribution in [2.24, 2.45) is 0 Å². The second-order valence-corrected chi connectivity index (χ2v) is 7.98. The minimum absolute atomic E-state index is 0.158. The van der Waals surface area contributed by atoms with E-state index in [1.54, 1.807) is 13.8 Å². The van der Waals surface area contributed by atoms with Gasteiger partial charge in [0.15, 0.2) is 0 Å². The summed E-state index contributed by atoms with van der Waals surface area (Å²) in [6.45, 7) is 7.83. The SMILES string of the molecule is CCCC1(CC)NC(C(C)(C)O)=C(C(=O)O)N1Cc1ccc(Br)cc1. The highest BCUT2D eigenvalue weighted by atomic mass is 79.9. The first kappa shape index (κ1) is 19.8. The van der Waals surface area contributed by atoms with Crippen LogP contribution in [0.15, 0.2) is 40.1 Å². The molecule has 0 saturated heterocycles. The van der Waals surface area contributed by atoms with Gasteiger partial charge in [-0.25, -0.2) is 4.79 Å². The summed E-state index contributed by atoms with van der Waals surface area (Å²) in [6.07, 6.45) is 2.42. The maximum atomic E-state index is 12.1. The first-order valence-electron chi connectivity index (χ1n) is 8.65. The fourth-order valence-electron chi connectivity index (χ4n) is 3.44. The van der Waals surface area contributed by atoms with Crippen LogP contribution in [-0.4, -0.2) is 32.3 Å². The number of hydrogen-bond acceptors (Lipinski definition) is 4. The molecule has 0 aliphatic carbocycles. The Morgan fingerprint density at radius 3 is 2.32 bits per heavy atom. The molecule has 6 heteroatoms. The summed E-state index contributed by atoms with van der Waals surface area (Å²) in [5.41, 5.74) is -0.200. The van der Waals surface area contributed by atoms with Gasteiger partial charge in [-0.05, 0) is 44.4 Å². The Bertz CT molecular complexity index is 664. The van der Waals surface area contributed by atoms with E-state index < -0.39 is 17.2 Å². The smallest absolute Gasteiger partial charge is 0.354 e. The molecule has 1 aliphatic rings. The van der Waals surface area contributed by atoms with E-state index in [-0.39, 0.29) is 5.70 Å². The van der Waals surface area contributed by atoms with E-state index in [1.807, 2.05) is 36.1 Å². The molecule has 1 unspecified atom stereocenters.